The molecule has 1 aromatic heterocycles. The quantitative estimate of drug-likeness (QED) is 0.576. The number of phenolic OH excluding ortho intramolecular Hbond substituents is 1. The lowest BCUT2D eigenvalue weighted by Gasteiger charge is -2.07. The summed E-state index contributed by atoms with van der Waals surface area (Å²) in [7, 11) is 0. The summed E-state index contributed by atoms with van der Waals surface area (Å²) in [6.45, 7) is 0. The molecule has 0 radical (unpaired) electrons. The number of aromatic amines is 1. The Balaban J connectivity index is 1.72. The van der Waals surface area contributed by atoms with Gasteiger partial charge in [-0.25, -0.2) is 4.79 Å². The molecule has 6 heteroatoms. The van der Waals surface area contributed by atoms with Gasteiger partial charge in [0.1, 0.15) is 5.75 Å². The number of aromatic hydroxyl groups is 1. The predicted octanol–water partition coefficient (Wildman–Crippen LogP) is 2.91. The predicted molar refractivity (Wildman–Crippen MR) is 76.8 cm³/mol. The summed E-state index contributed by atoms with van der Waals surface area (Å²) in [5, 5.41) is 22.4. The number of benzene rings is 2. The molecule has 0 atom stereocenters. The molecule has 0 bridgehead atoms. The van der Waals surface area contributed by atoms with Crippen LogP contribution in [-0.4, -0.2) is 21.3 Å². The van der Waals surface area contributed by atoms with Crippen molar-refractivity contribution in [3.05, 3.63) is 48.7 Å². The van der Waals surface area contributed by atoms with Crippen LogP contribution in [0.3, 0.4) is 0 Å². The number of hydrogen-bond acceptors (Lipinski definition) is 3. The third-order valence-corrected chi connectivity index (χ3v) is 2.80. The summed E-state index contributed by atoms with van der Waals surface area (Å²) in [5.74, 6) is 0.0988. The van der Waals surface area contributed by atoms with Gasteiger partial charge in [0.25, 0.3) is 0 Å². The van der Waals surface area contributed by atoms with Crippen molar-refractivity contribution >= 4 is 28.3 Å². The van der Waals surface area contributed by atoms with E-state index in [9.17, 15) is 9.90 Å². The fourth-order valence-corrected chi connectivity index (χ4v) is 1.89. The molecule has 0 spiro atoms. The average molecular weight is 268 g/mol. The van der Waals surface area contributed by atoms with Crippen molar-refractivity contribution in [2.24, 2.45) is 0 Å². The molecule has 0 aliphatic heterocycles. The summed E-state index contributed by atoms with van der Waals surface area (Å²) in [6.07, 6.45) is 1.71. The molecule has 0 saturated heterocycles. The maximum atomic E-state index is 11.8. The number of carbonyl (C=O) groups is 1. The summed E-state index contributed by atoms with van der Waals surface area (Å²) >= 11 is 0. The maximum absolute atomic E-state index is 11.8. The van der Waals surface area contributed by atoms with Crippen molar-refractivity contribution in [3.8, 4) is 5.75 Å². The molecular formula is C14H12N4O2. The van der Waals surface area contributed by atoms with Crippen LogP contribution in [0.25, 0.3) is 10.9 Å². The Bertz CT molecular complexity index is 766. The first-order chi connectivity index (χ1) is 9.70. The van der Waals surface area contributed by atoms with Gasteiger partial charge in [-0.1, -0.05) is 6.07 Å². The normalized spacial score (nSPS) is 10.4. The monoisotopic (exact) mass is 268 g/mol. The third-order valence-electron chi connectivity index (χ3n) is 2.80. The Kier molecular flexibility index (Phi) is 2.96. The second-order valence-electron chi connectivity index (χ2n) is 4.30. The number of nitrogens with one attached hydrogen (secondary N) is 3. The molecule has 4 N–H and O–H groups in total. The number of amides is 2. The Morgan fingerprint density at radius 3 is 2.70 bits per heavy atom. The molecule has 2 amide bonds. The highest BCUT2D eigenvalue weighted by molar-refractivity contribution is 6.00. The number of phenols is 1. The van der Waals surface area contributed by atoms with E-state index in [1.165, 1.54) is 12.1 Å². The third kappa shape index (κ3) is 2.54. The van der Waals surface area contributed by atoms with Crippen LogP contribution in [0.15, 0.2) is 48.7 Å². The zero-order valence-corrected chi connectivity index (χ0v) is 10.4. The molecule has 1 heterocycles. The lowest BCUT2D eigenvalue weighted by atomic mass is 10.2. The fourth-order valence-electron chi connectivity index (χ4n) is 1.89. The van der Waals surface area contributed by atoms with E-state index >= 15 is 0 Å². The first-order valence-electron chi connectivity index (χ1n) is 6.01. The van der Waals surface area contributed by atoms with Crippen LogP contribution in [0.2, 0.25) is 0 Å². The molecule has 6 nitrogen and oxygen atoms in total. The number of fused-ring (bicyclic) bond motifs is 1. The van der Waals surface area contributed by atoms with Crippen molar-refractivity contribution in [3.63, 3.8) is 0 Å². The molecule has 3 rings (SSSR count). The maximum Gasteiger partial charge on any atom is 0.323 e. The van der Waals surface area contributed by atoms with Gasteiger partial charge in [0.2, 0.25) is 0 Å². The number of nitrogens with zero attached hydrogens (tertiary/aromatic N) is 1. The molecule has 0 saturated carbocycles. The van der Waals surface area contributed by atoms with E-state index in [1.807, 2.05) is 6.07 Å². The van der Waals surface area contributed by atoms with Gasteiger partial charge in [-0.15, -0.1) is 0 Å². The molecule has 2 aromatic carbocycles. The van der Waals surface area contributed by atoms with Crippen LogP contribution in [-0.2, 0) is 0 Å². The molecule has 100 valence electrons. The minimum Gasteiger partial charge on any atom is -0.508 e. The van der Waals surface area contributed by atoms with Gasteiger partial charge in [-0.3, -0.25) is 5.10 Å². The highest BCUT2D eigenvalue weighted by atomic mass is 16.3. The van der Waals surface area contributed by atoms with Gasteiger partial charge >= 0.3 is 6.03 Å². The summed E-state index contributed by atoms with van der Waals surface area (Å²) in [4.78, 5) is 11.8. The lowest BCUT2D eigenvalue weighted by molar-refractivity contribution is 0.262. The SMILES string of the molecule is O=C(Nc1cccc(O)c1)Nc1ccc2cn[nH]c2c1. The molecule has 0 aliphatic carbocycles. The minimum atomic E-state index is -0.380. The Labute approximate surface area is 114 Å². The smallest absolute Gasteiger partial charge is 0.323 e. The fraction of sp³-hybridized carbons (Fsp3) is 0. The zero-order valence-electron chi connectivity index (χ0n) is 10.4. The van der Waals surface area contributed by atoms with Gasteiger partial charge in [0, 0.05) is 22.8 Å². The van der Waals surface area contributed by atoms with Gasteiger partial charge in [0.05, 0.1) is 11.7 Å². The summed E-state index contributed by atoms with van der Waals surface area (Å²) in [6, 6.07) is 11.4. The van der Waals surface area contributed by atoms with Crippen molar-refractivity contribution in [1.82, 2.24) is 10.2 Å². The topological polar surface area (TPSA) is 90.0 Å². The number of urea groups is 1. The number of aromatic nitrogens is 2. The van der Waals surface area contributed by atoms with E-state index in [4.69, 9.17) is 0 Å². The Morgan fingerprint density at radius 1 is 1.10 bits per heavy atom. The molecule has 0 fully saturated rings. The first kappa shape index (κ1) is 12.0. The standard InChI is InChI=1S/C14H12N4O2/c19-12-3-1-2-10(6-12)16-14(20)17-11-5-4-9-8-15-18-13(9)7-11/h1-8,19H,(H,15,18)(H2,16,17,20). The Morgan fingerprint density at radius 2 is 1.90 bits per heavy atom. The largest absolute Gasteiger partial charge is 0.508 e. The van der Waals surface area contributed by atoms with E-state index in [2.05, 4.69) is 20.8 Å². The second kappa shape index (κ2) is 4.93. The van der Waals surface area contributed by atoms with Gasteiger partial charge in [-0.05, 0) is 30.3 Å². The van der Waals surface area contributed by atoms with Gasteiger partial charge in [-0.2, -0.15) is 5.10 Å². The number of hydrogen-bond donors (Lipinski definition) is 4. The lowest BCUT2D eigenvalue weighted by Crippen LogP contribution is -2.19. The van der Waals surface area contributed by atoms with E-state index in [-0.39, 0.29) is 11.8 Å². The molecule has 3 aromatic rings. The summed E-state index contributed by atoms with van der Waals surface area (Å²) < 4.78 is 0. The average Bonchev–Trinajstić information content (AvgIpc) is 2.86. The van der Waals surface area contributed by atoms with E-state index < -0.39 is 0 Å². The highest BCUT2D eigenvalue weighted by Gasteiger charge is 2.04. The molecular weight excluding hydrogens is 256 g/mol. The van der Waals surface area contributed by atoms with Gasteiger partial charge < -0.3 is 15.7 Å². The van der Waals surface area contributed by atoms with Gasteiger partial charge in [0.15, 0.2) is 0 Å². The molecule has 0 unspecified atom stereocenters. The van der Waals surface area contributed by atoms with Crippen LogP contribution in [0.4, 0.5) is 16.2 Å². The van der Waals surface area contributed by atoms with E-state index in [1.54, 1.807) is 30.5 Å². The number of rotatable bonds is 2. The zero-order chi connectivity index (χ0) is 13.9. The first-order valence-corrected chi connectivity index (χ1v) is 6.01. The van der Waals surface area contributed by atoms with Crippen LogP contribution < -0.4 is 10.6 Å². The number of H-pyrrole nitrogens is 1. The summed E-state index contributed by atoms with van der Waals surface area (Å²) in [5.41, 5.74) is 2.02. The minimum absolute atomic E-state index is 0.0988. The highest BCUT2D eigenvalue weighted by Crippen LogP contribution is 2.18. The number of anilines is 2. The van der Waals surface area contributed by atoms with Crippen molar-refractivity contribution in [1.29, 1.82) is 0 Å². The van der Waals surface area contributed by atoms with E-state index in [0.29, 0.717) is 11.4 Å². The van der Waals surface area contributed by atoms with Crippen molar-refractivity contribution in [2.75, 3.05) is 10.6 Å². The number of carbonyl (C=O) groups excluding carboxylic acids is 1. The molecule has 0 aliphatic rings. The van der Waals surface area contributed by atoms with Crippen molar-refractivity contribution < 1.29 is 9.90 Å². The second-order valence-corrected chi connectivity index (χ2v) is 4.30. The Hall–Kier alpha value is -3.02. The molecule has 20 heavy (non-hydrogen) atoms. The van der Waals surface area contributed by atoms with Crippen LogP contribution in [0.1, 0.15) is 0 Å². The van der Waals surface area contributed by atoms with Crippen LogP contribution in [0.5, 0.6) is 5.75 Å². The van der Waals surface area contributed by atoms with E-state index in [0.717, 1.165) is 10.9 Å². The van der Waals surface area contributed by atoms with Crippen LogP contribution >= 0.6 is 0 Å². The van der Waals surface area contributed by atoms with Crippen LogP contribution in [0, 0.1) is 0 Å². The van der Waals surface area contributed by atoms with Crippen molar-refractivity contribution in [2.45, 2.75) is 0 Å².